The highest BCUT2D eigenvalue weighted by Crippen LogP contribution is 2.22. The Morgan fingerprint density at radius 1 is 1.14 bits per heavy atom. The molecule has 0 aromatic carbocycles. The lowest BCUT2D eigenvalue weighted by atomic mass is 10.0. The van der Waals surface area contributed by atoms with Gasteiger partial charge in [-0.3, -0.25) is 0 Å². The Morgan fingerprint density at radius 3 is 2.36 bits per heavy atom. The molecule has 0 radical (unpaired) electrons. The highest BCUT2D eigenvalue weighted by Gasteiger charge is 2.25. The molecule has 1 aliphatic heterocycles. The van der Waals surface area contributed by atoms with Crippen LogP contribution in [0, 0.1) is 11.8 Å². The molecule has 1 saturated carbocycles. The zero-order valence-corrected chi connectivity index (χ0v) is 9.63. The summed E-state index contributed by atoms with van der Waals surface area (Å²) in [5.74, 6) is 1.82. The van der Waals surface area contributed by atoms with Gasteiger partial charge in [-0.1, -0.05) is 13.8 Å². The van der Waals surface area contributed by atoms with E-state index >= 15 is 0 Å². The van der Waals surface area contributed by atoms with Gasteiger partial charge in [0.2, 0.25) is 0 Å². The SMILES string of the molecule is CC1CN(CCCNC2CC2)CC1C. The van der Waals surface area contributed by atoms with Crippen LogP contribution >= 0.6 is 0 Å². The first-order chi connectivity index (χ1) is 6.75. The number of nitrogens with zero attached hydrogens (tertiary/aromatic N) is 1. The number of hydrogen-bond acceptors (Lipinski definition) is 2. The van der Waals surface area contributed by atoms with Crippen LogP contribution in [0.25, 0.3) is 0 Å². The summed E-state index contributed by atoms with van der Waals surface area (Å²) in [5.41, 5.74) is 0. The van der Waals surface area contributed by atoms with Crippen LogP contribution in [0.4, 0.5) is 0 Å². The van der Waals surface area contributed by atoms with Crippen LogP contribution in [0.2, 0.25) is 0 Å². The fraction of sp³-hybridized carbons (Fsp3) is 1.00. The summed E-state index contributed by atoms with van der Waals surface area (Å²) < 4.78 is 0. The standard InChI is InChI=1S/C12H24N2/c1-10-8-14(9-11(10)2)7-3-6-13-12-4-5-12/h10-13H,3-9H2,1-2H3. The molecule has 0 amide bonds. The van der Waals surface area contributed by atoms with E-state index < -0.39 is 0 Å². The molecule has 0 bridgehead atoms. The molecule has 2 aliphatic rings. The van der Waals surface area contributed by atoms with E-state index in [0.717, 1.165) is 17.9 Å². The van der Waals surface area contributed by atoms with E-state index in [1.807, 2.05) is 0 Å². The lowest BCUT2D eigenvalue weighted by molar-refractivity contribution is 0.317. The van der Waals surface area contributed by atoms with Gasteiger partial charge in [-0.2, -0.15) is 0 Å². The van der Waals surface area contributed by atoms with Gasteiger partial charge in [-0.15, -0.1) is 0 Å². The van der Waals surface area contributed by atoms with Crippen molar-refractivity contribution < 1.29 is 0 Å². The van der Waals surface area contributed by atoms with Crippen molar-refractivity contribution in [2.45, 2.75) is 39.2 Å². The second kappa shape index (κ2) is 4.63. The molecule has 1 N–H and O–H groups in total. The predicted molar refractivity (Wildman–Crippen MR) is 60.4 cm³/mol. The van der Waals surface area contributed by atoms with Crippen LogP contribution in [0.5, 0.6) is 0 Å². The van der Waals surface area contributed by atoms with E-state index in [4.69, 9.17) is 0 Å². The van der Waals surface area contributed by atoms with Gasteiger partial charge >= 0.3 is 0 Å². The molecule has 0 aromatic heterocycles. The smallest absolute Gasteiger partial charge is 0.00682 e. The molecular weight excluding hydrogens is 172 g/mol. The maximum absolute atomic E-state index is 3.58. The average molecular weight is 196 g/mol. The quantitative estimate of drug-likeness (QED) is 0.674. The van der Waals surface area contributed by atoms with Crippen LogP contribution in [-0.4, -0.2) is 37.1 Å². The van der Waals surface area contributed by atoms with Gasteiger partial charge in [0.1, 0.15) is 0 Å². The molecule has 2 heteroatoms. The minimum Gasteiger partial charge on any atom is -0.314 e. The molecule has 0 aromatic rings. The molecule has 14 heavy (non-hydrogen) atoms. The minimum atomic E-state index is 0.881. The third-order valence-corrected chi connectivity index (χ3v) is 3.73. The van der Waals surface area contributed by atoms with Crippen molar-refractivity contribution in [3.63, 3.8) is 0 Å². The Labute approximate surface area is 88.1 Å². The van der Waals surface area contributed by atoms with Crippen molar-refractivity contribution in [3.05, 3.63) is 0 Å². The molecular formula is C12H24N2. The Kier molecular flexibility index (Phi) is 3.45. The van der Waals surface area contributed by atoms with Gasteiger partial charge in [-0.05, 0) is 44.2 Å². The molecule has 1 aliphatic carbocycles. The summed E-state index contributed by atoms with van der Waals surface area (Å²) in [6, 6.07) is 0.881. The number of rotatable bonds is 5. The fourth-order valence-electron chi connectivity index (χ4n) is 2.33. The fourth-order valence-corrected chi connectivity index (χ4v) is 2.33. The van der Waals surface area contributed by atoms with Crippen molar-refractivity contribution in [3.8, 4) is 0 Å². The zero-order chi connectivity index (χ0) is 9.97. The summed E-state index contributed by atoms with van der Waals surface area (Å²) in [7, 11) is 0. The maximum atomic E-state index is 3.58. The number of nitrogens with one attached hydrogen (secondary N) is 1. The van der Waals surface area contributed by atoms with E-state index in [1.165, 1.54) is 45.4 Å². The molecule has 2 nitrogen and oxygen atoms in total. The minimum absolute atomic E-state index is 0.881. The monoisotopic (exact) mass is 196 g/mol. The highest BCUT2D eigenvalue weighted by atomic mass is 15.1. The van der Waals surface area contributed by atoms with Crippen molar-refractivity contribution in [2.24, 2.45) is 11.8 Å². The van der Waals surface area contributed by atoms with E-state index in [0.29, 0.717) is 0 Å². The van der Waals surface area contributed by atoms with Crippen molar-refractivity contribution >= 4 is 0 Å². The van der Waals surface area contributed by atoms with E-state index in [1.54, 1.807) is 0 Å². The normalized spacial score (nSPS) is 33.9. The number of hydrogen-bond donors (Lipinski definition) is 1. The third kappa shape index (κ3) is 2.96. The second-order valence-corrected chi connectivity index (χ2v) is 5.30. The molecule has 2 rings (SSSR count). The molecule has 82 valence electrons. The molecule has 1 heterocycles. The first-order valence-electron chi connectivity index (χ1n) is 6.21. The van der Waals surface area contributed by atoms with Crippen LogP contribution in [-0.2, 0) is 0 Å². The van der Waals surface area contributed by atoms with Crippen LogP contribution in [0.3, 0.4) is 0 Å². The topological polar surface area (TPSA) is 15.3 Å². The average Bonchev–Trinajstić information content (AvgIpc) is 2.90. The highest BCUT2D eigenvalue weighted by molar-refractivity contribution is 4.81. The molecule has 2 unspecified atom stereocenters. The van der Waals surface area contributed by atoms with Crippen LogP contribution in [0.15, 0.2) is 0 Å². The second-order valence-electron chi connectivity index (χ2n) is 5.30. The van der Waals surface area contributed by atoms with Crippen molar-refractivity contribution in [1.82, 2.24) is 10.2 Å². The lowest BCUT2D eigenvalue weighted by Crippen LogP contribution is -2.26. The third-order valence-electron chi connectivity index (χ3n) is 3.73. The number of likely N-dealkylation sites (tertiary alicyclic amines) is 1. The van der Waals surface area contributed by atoms with Crippen LogP contribution in [0.1, 0.15) is 33.1 Å². The van der Waals surface area contributed by atoms with Gasteiger partial charge < -0.3 is 10.2 Å². The van der Waals surface area contributed by atoms with Gasteiger partial charge in [0, 0.05) is 19.1 Å². The van der Waals surface area contributed by atoms with E-state index in [2.05, 4.69) is 24.1 Å². The van der Waals surface area contributed by atoms with E-state index in [9.17, 15) is 0 Å². The summed E-state index contributed by atoms with van der Waals surface area (Å²) in [6.45, 7) is 9.94. The molecule has 0 spiro atoms. The van der Waals surface area contributed by atoms with Gasteiger partial charge in [0.05, 0.1) is 0 Å². The van der Waals surface area contributed by atoms with E-state index in [-0.39, 0.29) is 0 Å². The largest absolute Gasteiger partial charge is 0.314 e. The predicted octanol–water partition coefficient (Wildman–Crippen LogP) is 1.72. The Hall–Kier alpha value is -0.0800. The molecule has 2 atom stereocenters. The maximum Gasteiger partial charge on any atom is 0.00682 e. The zero-order valence-electron chi connectivity index (χ0n) is 9.63. The summed E-state index contributed by atoms with van der Waals surface area (Å²) >= 11 is 0. The molecule has 1 saturated heterocycles. The summed E-state index contributed by atoms with van der Waals surface area (Å²) in [5, 5.41) is 3.58. The Morgan fingerprint density at radius 2 is 1.79 bits per heavy atom. The first-order valence-corrected chi connectivity index (χ1v) is 6.21. The summed E-state index contributed by atoms with van der Waals surface area (Å²) in [4.78, 5) is 2.63. The lowest BCUT2D eigenvalue weighted by Gasteiger charge is -2.15. The Bertz CT molecular complexity index is 167. The van der Waals surface area contributed by atoms with Crippen molar-refractivity contribution in [2.75, 3.05) is 26.2 Å². The molecule has 2 fully saturated rings. The first kappa shape index (κ1) is 10.4. The van der Waals surface area contributed by atoms with Gasteiger partial charge in [0.25, 0.3) is 0 Å². The Balaban J connectivity index is 1.52. The van der Waals surface area contributed by atoms with Crippen LogP contribution < -0.4 is 5.32 Å². The van der Waals surface area contributed by atoms with Gasteiger partial charge in [-0.25, -0.2) is 0 Å². The van der Waals surface area contributed by atoms with Crippen molar-refractivity contribution in [1.29, 1.82) is 0 Å². The van der Waals surface area contributed by atoms with Gasteiger partial charge in [0.15, 0.2) is 0 Å². The summed E-state index contributed by atoms with van der Waals surface area (Å²) in [6.07, 6.45) is 4.16.